The molecule has 2 aliphatic heterocycles. The Morgan fingerprint density at radius 3 is 2.43 bits per heavy atom. The lowest BCUT2D eigenvalue weighted by molar-refractivity contribution is 0.184. The van der Waals surface area contributed by atoms with E-state index in [2.05, 4.69) is 20.2 Å². The molecule has 1 atom stereocenters. The lowest BCUT2D eigenvalue weighted by Crippen LogP contribution is -2.44. The van der Waals surface area contributed by atoms with Gasteiger partial charge in [-0.05, 0) is 24.1 Å². The van der Waals surface area contributed by atoms with E-state index in [9.17, 15) is 0 Å². The minimum absolute atomic E-state index is 0.00110. The van der Waals surface area contributed by atoms with Crippen LogP contribution in [0.2, 0.25) is 0 Å². The van der Waals surface area contributed by atoms with Crippen LogP contribution in [-0.2, 0) is 6.42 Å². The van der Waals surface area contributed by atoms with Gasteiger partial charge < -0.3 is 31.0 Å². The van der Waals surface area contributed by atoms with E-state index in [4.69, 9.17) is 25.7 Å². The summed E-state index contributed by atoms with van der Waals surface area (Å²) >= 11 is 0. The zero-order valence-electron chi connectivity index (χ0n) is 16.6. The maximum Gasteiger partial charge on any atom is 0.217 e. The van der Waals surface area contributed by atoms with Gasteiger partial charge in [0.2, 0.25) is 11.7 Å². The first-order valence-electron chi connectivity index (χ1n) is 9.55. The van der Waals surface area contributed by atoms with Crippen molar-refractivity contribution >= 4 is 11.8 Å². The number of methoxy groups -OCH3 is 2. The number of aliphatic imine (C=N–C) groups is 2. The fourth-order valence-corrected chi connectivity index (χ4v) is 3.42. The molecule has 1 aromatic rings. The molecule has 1 fully saturated rings. The number of piperazine rings is 1. The van der Waals surface area contributed by atoms with Gasteiger partial charge in [-0.1, -0.05) is 0 Å². The van der Waals surface area contributed by atoms with Crippen molar-refractivity contribution in [3.8, 4) is 17.2 Å². The molecule has 0 aliphatic carbocycles. The lowest BCUT2D eigenvalue weighted by Gasteiger charge is -2.27. The summed E-state index contributed by atoms with van der Waals surface area (Å²) in [5.41, 5.74) is 12.6. The molecule has 1 aromatic carbocycles. The van der Waals surface area contributed by atoms with Crippen LogP contribution >= 0.6 is 0 Å². The average Bonchev–Trinajstić information content (AvgIpc) is 2.71. The molecular formula is C19H30N6O3. The Morgan fingerprint density at radius 2 is 1.82 bits per heavy atom. The summed E-state index contributed by atoms with van der Waals surface area (Å²) in [5.74, 6) is 2.64. The number of guanidine groups is 1. The van der Waals surface area contributed by atoms with Gasteiger partial charge in [0.05, 0.1) is 20.8 Å². The van der Waals surface area contributed by atoms with Gasteiger partial charge in [-0.15, -0.1) is 0 Å². The topological polar surface area (TPSA) is 120 Å². The largest absolute Gasteiger partial charge is 0.493 e. The first-order valence-corrected chi connectivity index (χ1v) is 9.55. The Labute approximate surface area is 165 Å². The smallest absolute Gasteiger partial charge is 0.217 e. The number of nitrogens with two attached hydrogens (primary N) is 2. The monoisotopic (exact) mass is 390 g/mol. The van der Waals surface area contributed by atoms with Crippen molar-refractivity contribution in [2.75, 3.05) is 60.1 Å². The molecule has 5 N–H and O–H groups in total. The van der Waals surface area contributed by atoms with E-state index in [1.165, 1.54) is 0 Å². The summed E-state index contributed by atoms with van der Waals surface area (Å²) in [6.45, 7) is 6.07. The van der Waals surface area contributed by atoms with E-state index < -0.39 is 0 Å². The summed E-state index contributed by atoms with van der Waals surface area (Å²) in [4.78, 5) is 10.6. The molecule has 0 spiro atoms. The van der Waals surface area contributed by atoms with Crippen LogP contribution in [0.3, 0.4) is 0 Å². The van der Waals surface area contributed by atoms with Gasteiger partial charge in [0, 0.05) is 38.6 Å². The van der Waals surface area contributed by atoms with E-state index in [0.717, 1.165) is 38.3 Å². The van der Waals surface area contributed by atoms with Crippen LogP contribution in [0, 0.1) is 5.92 Å². The fraction of sp³-hybridized carbons (Fsp3) is 0.579. The van der Waals surface area contributed by atoms with Crippen molar-refractivity contribution in [2.24, 2.45) is 27.4 Å². The molecule has 28 heavy (non-hydrogen) atoms. The van der Waals surface area contributed by atoms with Crippen molar-refractivity contribution in [1.29, 1.82) is 0 Å². The molecule has 154 valence electrons. The van der Waals surface area contributed by atoms with Crippen LogP contribution in [-0.4, -0.2) is 76.8 Å². The third-order valence-corrected chi connectivity index (χ3v) is 5.00. The van der Waals surface area contributed by atoms with E-state index in [0.29, 0.717) is 42.7 Å². The van der Waals surface area contributed by atoms with E-state index in [-0.39, 0.29) is 11.9 Å². The first-order chi connectivity index (χ1) is 13.6. The number of rotatable bonds is 8. The first kappa shape index (κ1) is 20.2. The van der Waals surface area contributed by atoms with Gasteiger partial charge in [0.1, 0.15) is 12.4 Å². The molecule has 1 unspecified atom stereocenters. The standard InChI is InChI=1S/C19H30N6O3/c1-26-15-10-13(9-14-12-23-19(21)24-18(14)20)11-16(27-2)17(15)28-8-7-25-5-3-22-4-6-25/h10-11,14,22H,3-9,12H2,1-2H3,(H4,20,21,23,24). The van der Waals surface area contributed by atoms with Crippen LogP contribution in [0.5, 0.6) is 17.2 Å². The highest BCUT2D eigenvalue weighted by molar-refractivity contribution is 5.97. The van der Waals surface area contributed by atoms with Crippen LogP contribution in [0.1, 0.15) is 5.56 Å². The van der Waals surface area contributed by atoms with Crippen molar-refractivity contribution < 1.29 is 14.2 Å². The fourth-order valence-electron chi connectivity index (χ4n) is 3.42. The Kier molecular flexibility index (Phi) is 6.94. The third-order valence-electron chi connectivity index (χ3n) is 5.00. The Bertz CT molecular complexity index is 705. The number of hydrogen-bond acceptors (Lipinski definition) is 9. The number of benzene rings is 1. The van der Waals surface area contributed by atoms with Gasteiger partial charge in [0.15, 0.2) is 11.5 Å². The highest BCUT2D eigenvalue weighted by Gasteiger charge is 2.21. The van der Waals surface area contributed by atoms with E-state index in [1.807, 2.05) is 12.1 Å². The lowest BCUT2D eigenvalue weighted by atomic mass is 9.97. The molecule has 1 saturated heterocycles. The quantitative estimate of drug-likeness (QED) is 0.564. The highest BCUT2D eigenvalue weighted by Crippen LogP contribution is 2.39. The van der Waals surface area contributed by atoms with Gasteiger partial charge in [-0.25, -0.2) is 4.99 Å². The summed E-state index contributed by atoms with van der Waals surface area (Å²) in [6.07, 6.45) is 0.667. The maximum absolute atomic E-state index is 6.03. The second-order valence-electron chi connectivity index (χ2n) is 6.91. The Balaban J connectivity index is 1.68. The van der Waals surface area contributed by atoms with Crippen LogP contribution in [0.15, 0.2) is 22.1 Å². The van der Waals surface area contributed by atoms with E-state index >= 15 is 0 Å². The Morgan fingerprint density at radius 1 is 1.14 bits per heavy atom. The van der Waals surface area contributed by atoms with Crippen LogP contribution in [0.25, 0.3) is 0 Å². The summed E-state index contributed by atoms with van der Waals surface area (Å²) in [7, 11) is 3.26. The second kappa shape index (κ2) is 9.61. The number of nitrogens with one attached hydrogen (secondary N) is 1. The molecule has 0 amide bonds. The highest BCUT2D eigenvalue weighted by atomic mass is 16.5. The molecular weight excluding hydrogens is 360 g/mol. The molecule has 9 heteroatoms. The average molecular weight is 390 g/mol. The summed E-state index contributed by atoms with van der Waals surface area (Å²) in [6, 6.07) is 3.91. The molecule has 0 radical (unpaired) electrons. The molecule has 0 saturated carbocycles. The summed E-state index contributed by atoms with van der Waals surface area (Å²) in [5, 5.41) is 3.35. The number of amidine groups is 1. The maximum atomic E-state index is 6.03. The molecule has 2 heterocycles. The van der Waals surface area contributed by atoms with Gasteiger partial charge in [-0.3, -0.25) is 9.89 Å². The Hall–Kier alpha value is -2.52. The van der Waals surface area contributed by atoms with Crippen LogP contribution < -0.4 is 31.0 Å². The zero-order valence-corrected chi connectivity index (χ0v) is 16.6. The number of hydrogen-bond donors (Lipinski definition) is 3. The molecule has 3 rings (SSSR count). The number of ether oxygens (including phenoxy) is 3. The molecule has 2 aliphatic rings. The predicted molar refractivity (Wildman–Crippen MR) is 110 cm³/mol. The SMILES string of the molecule is COc1cc(CC2CN=C(N)N=C2N)cc(OC)c1OCCN1CCNCC1. The minimum atomic E-state index is 0.00110. The third kappa shape index (κ3) is 5.05. The summed E-state index contributed by atoms with van der Waals surface area (Å²) < 4.78 is 17.2. The zero-order chi connectivity index (χ0) is 19.9. The van der Waals surface area contributed by atoms with E-state index in [1.54, 1.807) is 14.2 Å². The van der Waals surface area contributed by atoms with Gasteiger partial charge >= 0.3 is 0 Å². The molecule has 0 aromatic heterocycles. The van der Waals surface area contributed by atoms with Gasteiger partial charge in [0.25, 0.3) is 0 Å². The minimum Gasteiger partial charge on any atom is -0.493 e. The normalized spacial score (nSPS) is 20.3. The molecule has 0 bridgehead atoms. The molecule has 9 nitrogen and oxygen atoms in total. The van der Waals surface area contributed by atoms with Crippen molar-refractivity contribution in [1.82, 2.24) is 10.2 Å². The van der Waals surface area contributed by atoms with Crippen molar-refractivity contribution in [3.05, 3.63) is 17.7 Å². The van der Waals surface area contributed by atoms with Gasteiger partial charge in [-0.2, -0.15) is 0 Å². The van der Waals surface area contributed by atoms with Crippen molar-refractivity contribution in [2.45, 2.75) is 6.42 Å². The predicted octanol–water partition coefficient (Wildman–Crippen LogP) is -0.168. The number of nitrogens with zero attached hydrogens (tertiary/aromatic N) is 3. The second-order valence-corrected chi connectivity index (χ2v) is 6.91. The van der Waals surface area contributed by atoms with Crippen LogP contribution in [0.4, 0.5) is 0 Å². The van der Waals surface area contributed by atoms with Crippen molar-refractivity contribution in [3.63, 3.8) is 0 Å².